The van der Waals surface area contributed by atoms with Crippen molar-refractivity contribution in [3.05, 3.63) is 57.6 Å². The lowest BCUT2D eigenvalue weighted by atomic mass is 9.95. The van der Waals surface area contributed by atoms with Crippen molar-refractivity contribution in [3.63, 3.8) is 0 Å². The van der Waals surface area contributed by atoms with E-state index in [-0.39, 0.29) is 5.91 Å². The van der Waals surface area contributed by atoms with E-state index in [1.165, 1.54) is 12.0 Å². The number of halogens is 1. The monoisotopic (exact) mass is 440 g/mol. The average Bonchev–Trinajstić information content (AvgIpc) is 2.78. The van der Waals surface area contributed by atoms with E-state index in [0.29, 0.717) is 12.3 Å². The summed E-state index contributed by atoms with van der Waals surface area (Å²) in [6.45, 7) is 8.70. The van der Waals surface area contributed by atoms with E-state index in [9.17, 15) is 4.79 Å². The lowest BCUT2D eigenvalue weighted by molar-refractivity contribution is -0.131. The van der Waals surface area contributed by atoms with Crippen molar-refractivity contribution >= 4 is 17.5 Å². The molecule has 1 aromatic carbocycles. The van der Waals surface area contributed by atoms with Crippen LogP contribution < -0.4 is 0 Å². The van der Waals surface area contributed by atoms with Crippen molar-refractivity contribution in [3.8, 4) is 0 Å². The summed E-state index contributed by atoms with van der Waals surface area (Å²) < 4.78 is 0. The molecule has 4 rings (SSSR count). The van der Waals surface area contributed by atoms with Crippen LogP contribution in [0.3, 0.4) is 0 Å². The number of carbonyl (C=O) groups excluding carboxylic acids is 1. The van der Waals surface area contributed by atoms with E-state index in [1.54, 1.807) is 0 Å². The largest absolute Gasteiger partial charge is 0.342 e. The number of likely N-dealkylation sites (tertiary alicyclic amines) is 2. The van der Waals surface area contributed by atoms with E-state index in [4.69, 9.17) is 21.6 Å². The molecular weight excluding hydrogens is 408 g/mol. The first kappa shape index (κ1) is 22.2. The Morgan fingerprint density at radius 1 is 1.03 bits per heavy atom. The molecule has 1 amide bonds. The zero-order valence-electron chi connectivity index (χ0n) is 18.7. The Balaban J connectivity index is 1.44. The Labute approximate surface area is 190 Å². The third-order valence-corrected chi connectivity index (χ3v) is 7.07. The lowest BCUT2D eigenvalue weighted by Gasteiger charge is -2.32. The van der Waals surface area contributed by atoms with Crippen LogP contribution in [0.15, 0.2) is 24.3 Å². The number of rotatable bonds is 5. The average molecular weight is 441 g/mol. The molecule has 166 valence electrons. The molecule has 0 spiro atoms. The van der Waals surface area contributed by atoms with E-state index in [1.807, 2.05) is 36.9 Å². The quantitative estimate of drug-likeness (QED) is 0.677. The van der Waals surface area contributed by atoms with Gasteiger partial charge in [-0.1, -0.05) is 29.8 Å². The standard InChI is InChI=1S/C25H33ClN4O/c1-18-22(15-24(31)30-13-6-3-7-14-30)19(2)28-25(27-18)21-10-8-12-29(17-21)16-20-9-4-5-11-23(20)26/h4-5,9,11,21H,3,6-8,10,12-17H2,1-2H3/t21-/m0/s1. The van der Waals surface area contributed by atoms with E-state index >= 15 is 0 Å². The Morgan fingerprint density at radius 2 is 1.74 bits per heavy atom. The Kier molecular flexibility index (Phi) is 7.24. The van der Waals surface area contributed by atoms with Crippen LogP contribution in [0.2, 0.25) is 5.02 Å². The second-order valence-corrected chi connectivity index (χ2v) is 9.42. The number of carbonyl (C=O) groups is 1. The number of aromatic nitrogens is 2. The molecule has 3 heterocycles. The van der Waals surface area contributed by atoms with E-state index < -0.39 is 0 Å². The van der Waals surface area contributed by atoms with Gasteiger partial charge >= 0.3 is 0 Å². The van der Waals surface area contributed by atoms with Gasteiger partial charge in [-0.15, -0.1) is 0 Å². The van der Waals surface area contributed by atoms with Crippen molar-refractivity contribution in [1.82, 2.24) is 19.8 Å². The van der Waals surface area contributed by atoms with Crippen molar-refractivity contribution in [1.29, 1.82) is 0 Å². The molecule has 0 unspecified atom stereocenters. The summed E-state index contributed by atoms with van der Waals surface area (Å²) in [5.74, 6) is 1.46. The fraction of sp³-hybridized carbons (Fsp3) is 0.560. The molecule has 2 fully saturated rings. The highest BCUT2D eigenvalue weighted by atomic mass is 35.5. The first-order valence-electron chi connectivity index (χ1n) is 11.6. The number of benzene rings is 1. The fourth-order valence-corrected chi connectivity index (χ4v) is 5.08. The van der Waals surface area contributed by atoms with Crippen molar-refractivity contribution < 1.29 is 4.79 Å². The highest BCUT2D eigenvalue weighted by molar-refractivity contribution is 6.31. The van der Waals surface area contributed by atoms with Gasteiger partial charge in [-0.25, -0.2) is 9.97 Å². The molecule has 2 aliphatic heterocycles. The normalized spacial score (nSPS) is 20.1. The highest BCUT2D eigenvalue weighted by Crippen LogP contribution is 2.28. The molecule has 0 bridgehead atoms. The molecule has 2 aromatic rings. The van der Waals surface area contributed by atoms with E-state index in [2.05, 4.69) is 11.0 Å². The van der Waals surface area contributed by atoms with Crippen LogP contribution >= 0.6 is 11.6 Å². The molecule has 0 radical (unpaired) electrons. The molecule has 6 heteroatoms. The molecule has 2 aliphatic rings. The van der Waals surface area contributed by atoms with Gasteiger partial charge in [0.2, 0.25) is 5.91 Å². The number of amides is 1. The van der Waals surface area contributed by atoms with Gasteiger partial charge in [0.15, 0.2) is 0 Å². The van der Waals surface area contributed by atoms with Crippen molar-refractivity contribution in [2.75, 3.05) is 26.2 Å². The zero-order valence-corrected chi connectivity index (χ0v) is 19.5. The summed E-state index contributed by atoms with van der Waals surface area (Å²) in [7, 11) is 0. The zero-order chi connectivity index (χ0) is 21.8. The Hall–Kier alpha value is -1.98. The number of hydrogen-bond acceptors (Lipinski definition) is 4. The molecular formula is C25H33ClN4O. The van der Waals surface area contributed by atoms with Crippen LogP contribution in [-0.2, 0) is 17.8 Å². The summed E-state index contributed by atoms with van der Waals surface area (Å²) in [6, 6.07) is 8.08. The number of hydrogen-bond donors (Lipinski definition) is 0. The molecule has 1 atom stereocenters. The van der Waals surface area contributed by atoms with Crippen LogP contribution in [-0.4, -0.2) is 51.9 Å². The SMILES string of the molecule is Cc1nc([C@H]2CCCN(Cc3ccccc3Cl)C2)nc(C)c1CC(=O)N1CCCCC1. The third-order valence-electron chi connectivity index (χ3n) is 6.70. The molecule has 1 aromatic heterocycles. The lowest BCUT2D eigenvalue weighted by Crippen LogP contribution is -2.37. The smallest absolute Gasteiger partial charge is 0.227 e. The summed E-state index contributed by atoms with van der Waals surface area (Å²) in [4.78, 5) is 27.0. The predicted octanol–water partition coefficient (Wildman–Crippen LogP) is 4.68. The number of nitrogens with zero attached hydrogens (tertiary/aromatic N) is 4. The number of piperidine rings is 2. The van der Waals surface area contributed by atoms with Crippen LogP contribution in [0.5, 0.6) is 0 Å². The predicted molar refractivity (Wildman–Crippen MR) is 124 cm³/mol. The molecule has 0 aliphatic carbocycles. The van der Waals surface area contributed by atoms with Gasteiger partial charge < -0.3 is 4.90 Å². The number of aryl methyl sites for hydroxylation is 2. The summed E-state index contributed by atoms with van der Waals surface area (Å²) in [6.07, 6.45) is 6.11. The molecule has 0 saturated carbocycles. The van der Waals surface area contributed by atoms with Crippen molar-refractivity contribution in [2.45, 2.75) is 64.8 Å². The second-order valence-electron chi connectivity index (χ2n) is 9.02. The van der Waals surface area contributed by atoms with E-state index in [0.717, 1.165) is 86.2 Å². The Morgan fingerprint density at radius 3 is 2.45 bits per heavy atom. The minimum Gasteiger partial charge on any atom is -0.342 e. The maximum Gasteiger partial charge on any atom is 0.227 e. The molecule has 2 saturated heterocycles. The second kappa shape index (κ2) is 10.1. The molecule has 31 heavy (non-hydrogen) atoms. The topological polar surface area (TPSA) is 49.3 Å². The van der Waals surface area contributed by atoms with Gasteiger partial charge in [-0.2, -0.15) is 0 Å². The van der Waals surface area contributed by atoms with Gasteiger partial charge in [0, 0.05) is 54.1 Å². The maximum atomic E-state index is 12.8. The molecule has 5 nitrogen and oxygen atoms in total. The summed E-state index contributed by atoms with van der Waals surface area (Å²) >= 11 is 6.37. The van der Waals surface area contributed by atoms with Gasteiger partial charge in [-0.3, -0.25) is 9.69 Å². The van der Waals surface area contributed by atoms with Crippen LogP contribution in [0.25, 0.3) is 0 Å². The first-order chi connectivity index (χ1) is 15.0. The first-order valence-corrected chi connectivity index (χ1v) is 12.0. The maximum absolute atomic E-state index is 12.8. The summed E-state index contributed by atoms with van der Waals surface area (Å²) in [5, 5.41) is 0.829. The van der Waals surface area contributed by atoms with Crippen LogP contribution in [0, 0.1) is 13.8 Å². The summed E-state index contributed by atoms with van der Waals surface area (Å²) in [5.41, 5.74) is 4.08. The highest BCUT2D eigenvalue weighted by Gasteiger charge is 2.26. The Bertz CT molecular complexity index is 902. The third kappa shape index (κ3) is 5.45. The van der Waals surface area contributed by atoms with Gasteiger partial charge in [0.1, 0.15) is 5.82 Å². The van der Waals surface area contributed by atoms with Crippen molar-refractivity contribution in [2.24, 2.45) is 0 Å². The minimum atomic E-state index is 0.214. The fourth-order valence-electron chi connectivity index (χ4n) is 4.89. The van der Waals surface area contributed by atoms with Gasteiger partial charge in [-0.05, 0) is 64.1 Å². The molecule has 0 N–H and O–H groups in total. The van der Waals surface area contributed by atoms with Crippen LogP contribution in [0.4, 0.5) is 0 Å². The minimum absolute atomic E-state index is 0.214. The van der Waals surface area contributed by atoms with Gasteiger partial charge in [0.05, 0.1) is 6.42 Å². The van der Waals surface area contributed by atoms with Gasteiger partial charge in [0.25, 0.3) is 0 Å². The van der Waals surface area contributed by atoms with Crippen LogP contribution in [0.1, 0.15) is 66.4 Å².